The number of sulfonamides is 1. The van der Waals surface area contributed by atoms with E-state index in [1.807, 2.05) is 6.07 Å². The molecule has 32 heavy (non-hydrogen) atoms. The van der Waals surface area contributed by atoms with Crippen LogP contribution in [0.25, 0.3) is 0 Å². The molecule has 1 unspecified atom stereocenters. The molecule has 3 rings (SSSR count). The van der Waals surface area contributed by atoms with Crippen molar-refractivity contribution in [3.63, 3.8) is 0 Å². The van der Waals surface area contributed by atoms with Gasteiger partial charge in [0.1, 0.15) is 10.7 Å². The second kappa shape index (κ2) is 10.4. The first-order valence-corrected chi connectivity index (χ1v) is 11.9. The second-order valence-electron chi connectivity index (χ2n) is 7.17. The summed E-state index contributed by atoms with van der Waals surface area (Å²) in [5.41, 5.74) is 1.39. The molecule has 1 N–H and O–H groups in total. The minimum absolute atomic E-state index is 0.00699. The zero-order valence-corrected chi connectivity index (χ0v) is 19.5. The van der Waals surface area contributed by atoms with E-state index in [-0.39, 0.29) is 27.3 Å². The Morgan fingerprint density at radius 3 is 2.34 bits per heavy atom. The van der Waals surface area contributed by atoms with Gasteiger partial charge in [-0.15, -0.1) is 0 Å². The summed E-state index contributed by atoms with van der Waals surface area (Å²) in [6, 6.07) is 18.3. The lowest BCUT2D eigenvalue weighted by Gasteiger charge is -2.24. The van der Waals surface area contributed by atoms with Gasteiger partial charge in [0.2, 0.25) is 15.9 Å². The van der Waals surface area contributed by atoms with Crippen molar-refractivity contribution in [3.05, 3.63) is 99.8 Å². The molecule has 0 fully saturated rings. The minimum Gasteiger partial charge on any atom is -0.348 e. The van der Waals surface area contributed by atoms with E-state index >= 15 is 0 Å². The van der Waals surface area contributed by atoms with Crippen molar-refractivity contribution >= 4 is 39.1 Å². The summed E-state index contributed by atoms with van der Waals surface area (Å²) in [5, 5.41) is 2.97. The van der Waals surface area contributed by atoms with Crippen molar-refractivity contribution in [2.45, 2.75) is 24.4 Å². The number of carbonyl (C=O) groups is 1. The SMILES string of the molecule is CC(NC(=O)CN(Cc1ccccc1)S(=O)(=O)c1cc(Cl)ccc1Cl)c1ccc(F)cc1. The maximum atomic E-state index is 13.4. The Hall–Kier alpha value is -2.45. The normalized spacial score (nSPS) is 12.5. The number of carbonyl (C=O) groups excluding carboxylic acids is 1. The molecule has 0 aliphatic rings. The van der Waals surface area contributed by atoms with Gasteiger partial charge >= 0.3 is 0 Å². The fourth-order valence-corrected chi connectivity index (χ4v) is 5.23. The van der Waals surface area contributed by atoms with Gasteiger partial charge in [0, 0.05) is 11.6 Å². The Kier molecular flexibility index (Phi) is 7.90. The summed E-state index contributed by atoms with van der Waals surface area (Å²) in [4.78, 5) is 12.6. The Morgan fingerprint density at radius 1 is 1.03 bits per heavy atom. The van der Waals surface area contributed by atoms with Gasteiger partial charge in [0.25, 0.3) is 0 Å². The van der Waals surface area contributed by atoms with E-state index in [0.717, 1.165) is 4.31 Å². The number of hydrogen-bond donors (Lipinski definition) is 1. The quantitative estimate of drug-likeness (QED) is 0.467. The highest BCUT2D eigenvalue weighted by atomic mass is 35.5. The van der Waals surface area contributed by atoms with E-state index in [9.17, 15) is 17.6 Å². The Balaban J connectivity index is 1.86. The van der Waals surface area contributed by atoms with Crippen molar-refractivity contribution < 1.29 is 17.6 Å². The van der Waals surface area contributed by atoms with Crippen LogP contribution >= 0.6 is 23.2 Å². The summed E-state index contributed by atoms with van der Waals surface area (Å²) in [6.07, 6.45) is 0. The summed E-state index contributed by atoms with van der Waals surface area (Å²) in [6.45, 7) is 1.25. The van der Waals surface area contributed by atoms with Gasteiger partial charge in [-0.05, 0) is 48.4 Å². The van der Waals surface area contributed by atoms with Crippen LogP contribution in [0.15, 0.2) is 77.7 Å². The van der Waals surface area contributed by atoms with Crippen molar-refractivity contribution in [3.8, 4) is 0 Å². The zero-order valence-electron chi connectivity index (χ0n) is 17.1. The van der Waals surface area contributed by atoms with Crippen LogP contribution in [0.5, 0.6) is 0 Å². The molecule has 9 heteroatoms. The van der Waals surface area contributed by atoms with Crippen LogP contribution in [0.3, 0.4) is 0 Å². The van der Waals surface area contributed by atoms with Gasteiger partial charge in [-0.1, -0.05) is 65.7 Å². The molecule has 0 aliphatic carbocycles. The number of halogens is 3. The largest absolute Gasteiger partial charge is 0.348 e. The third kappa shape index (κ3) is 6.07. The predicted molar refractivity (Wildman–Crippen MR) is 123 cm³/mol. The first-order chi connectivity index (χ1) is 15.2. The highest BCUT2D eigenvalue weighted by Crippen LogP contribution is 2.28. The van der Waals surface area contributed by atoms with Crippen LogP contribution in [0.4, 0.5) is 4.39 Å². The average Bonchev–Trinajstić information content (AvgIpc) is 2.76. The van der Waals surface area contributed by atoms with Gasteiger partial charge in [0.15, 0.2) is 0 Å². The van der Waals surface area contributed by atoms with Crippen LogP contribution in [0.2, 0.25) is 10.0 Å². The lowest BCUT2D eigenvalue weighted by atomic mass is 10.1. The van der Waals surface area contributed by atoms with E-state index in [1.54, 1.807) is 43.3 Å². The molecular formula is C23H21Cl2FN2O3S. The number of hydrogen-bond acceptors (Lipinski definition) is 3. The smallest absolute Gasteiger partial charge is 0.245 e. The van der Waals surface area contributed by atoms with E-state index in [0.29, 0.717) is 11.1 Å². The molecule has 0 spiro atoms. The van der Waals surface area contributed by atoms with E-state index in [1.165, 1.54) is 30.3 Å². The maximum Gasteiger partial charge on any atom is 0.245 e. The molecule has 3 aromatic carbocycles. The number of amides is 1. The van der Waals surface area contributed by atoms with Crippen molar-refractivity contribution in [2.24, 2.45) is 0 Å². The molecule has 0 saturated heterocycles. The van der Waals surface area contributed by atoms with Gasteiger partial charge in [0.05, 0.1) is 17.6 Å². The number of nitrogens with zero attached hydrogens (tertiary/aromatic N) is 1. The highest BCUT2D eigenvalue weighted by molar-refractivity contribution is 7.89. The van der Waals surface area contributed by atoms with Gasteiger partial charge in [-0.2, -0.15) is 4.31 Å². The molecule has 5 nitrogen and oxygen atoms in total. The molecule has 1 amide bonds. The van der Waals surface area contributed by atoms with E-state index in [4.69, 9.17) is 23.2 Å². The summed E-state index contributed by atoms with van der Waals surface area (Å²) < 4.78 is 41.0. The number of benzene rings is 3. The van der Waals surface area contributed by atoms with Crippen LogP contribution in [-0.2, 0) is 21.4 Å². The van der Waals surface area contributed by atoms with Crippen LogP contribution in [0.1, 0.15) is 24.1 Å². The van der Waals surface area contributed by atoms with Gasteiger partial charge in [-0.25, -0.2) is 12.8 Å². The molecule has 0 heterocycles. The van der Waals surface area contributed by atoms with Crippen molar-refractivity contribution in [1.82, 2.24) is 9.62 Å². The monoisotopic (exact) mass is 494 g/mol. The molecule has 0 bridgehead atoms. The third-order valence-corrected chi connectivity index (χ3v) is 7.29. The molecule has 168 valence electrons. The highest BCUT2D eigenvalue weighted by Gasteiger charge is 2.29. The van der Waals surface area contributed by atoms with E-state index in [2.05, 4.69) is 5.32 Å². The minimum atomic E-state index is -4.15. The second-order valence-corrected chi connectivity index (χ2v) is 9.92. The molecule has 0 saturated carbocycles. The zero-order chi connectivity index (χ0) is 23.3. The first-order valence-electron chi connectivity index (χ1n) is 9.71. The van der Waals surface area contributed by atoms with Crippen LogP contribution in [-0.4, -0.2) is 25.2 Å². The Labute approximate surface area is 196 Å². The fraction of sp³-hybridized carbons (Fsp3) is 0.174. The lowest BCUT2D eigenvalue weighted by Crippen LogP contribution is -2.41. The molecule has 0 radical (unpaired) electrons. The molecule has 0 aliphatic heterocycles. The summed E-state index contributed by atoms with van der Waals surface area (Å²) in [7, 11) is -4.15. The standard InChI is InChI=1S/C23H21Cl2FN2O3S/c1-16(18-7-10-20(26)11-8-18)27-23(29)15-28(14-17-5-3-2-4-6-17)32(30,31)22-13-19(24)9-12-21(22)25/h2-13,16H,14-15H2,1H3,(H,27,29). The Morgan fingerprint density at radius 2 is 1.69 bits per heavy atom. The van der Waals surface area contributed by atoms with Crippen molar-refractivity contribution in [1.29, 1.82) is 0 Å². The van der Waals surface area contributed by atoms with Crippen molar-refractivity contribution in [2.75, 3.05) is 6.54 Å². The van der Waals surface area contributed by atoms with Crippen LogP contribution in [0, 0.1) is 5.82 Å². The predicted octanol–water partition coefficient (Wildman–Crippen LogP) is 5.20. The molecule has 0 aromatic heterocycles. The summed E-state index contributed by atoms with van der Waals surface area (Å²) in [5.74, 6) is -0.898. The molecular weight excluding hydrogens is 474 g/mol. The number of nitrogens with one attached hydrogen (secondary N) is 1. The first kappa shape index (κ1) is 24.2. The topological polar surface area (TPSA) is 66.5 Å². The average molecular weight is 495 g/mol. The molecule has 1 atom stereocenters. The van der Waals surface area contributed by atoms with Gasteiger partial charge < -0.3 is 5.32 Å². The molecule has 3 aromatic rings. The number of rotatable bonds is 8. The third-order valence-electron chi connectivity index (χ3n) is 4.78. The van der Waals surface area contributed by atoms with Gasteiger partial charge in [-0.3, -0.25) is 4.79 Å². The van der Waals surface area contributed by atoms with Crippen LogP contribution < -0.4 is 5.32 Å². The fourth-order valence-electron chi connectivity index (χ4n) is 3.11. The Bertz CT molecular complexity index is 1190. The van der Waals surface area contributed by atoms with E-state index < -0.39 is 28.5 Å². The summed E-state index contributed by atoms with van der Waals surface area (Å²) >= 11 is 12.1. The lowest BCUT2D eigenvalue weighted by molar-refractivity contribution is -0.122. The maximum absolute atomic E-state index is 13.4.